The van der Waals surface area contributed by atoms with Crippen LogP contribution in [0.1, 0.15) is 23.0 Å². The van der Waals surface area contributed by atoms with E-state index in [1.807, 2.05) is 53.2 Å². The van der Waals surface area contributed by atoms with Crippen LogP contribution < -0.4 is 14.8 Å². The Morgan fingerprint density at radius 3 is 2.17 bits per heavy atom. The Balaban J connectivity index is 1.50. The number of methoxy groups -OCH3 is 2. The van der Waals surface area contributed by atoms with E-state index in [1.165, 1.54) is 0 Å². The van der Waals surface area contributed by atoms with Crippen LogP contribution in [-0.2, 0) is 17.9 Å². The van der Waals surface area contributed by atoms with Gasteiger partial charge in [0.15, 0.2) is 0 Å². The summed E-state index contributed by atoms with van der Waals surface area (Å²) in [5.74, 6) is 2.39. The van der Waals surface area contributed by atoms with Crippen LogP contribution in [-0.4, -0.2) is 52.9 Å². The molecule has 2 aromatic carbocycles. The number of carbonyl (C=O) groups excluding carboxylic acids is 1. The number of hydrogen-bond acceptors (Lipinski definition) is 6. The van der Waals surface area contributed by atoms with Gasteiger partial charge in [-0.2, -0.15) is 5.10 Å². The van der Waals surface area contributed by atoms with Crippen molar-refractivity contribution < 1.29 is 14.3 Å². The topological polar surface area (TPSA) is 81.5 Å². The monoisotopic (exact) mass is 407 g/mol. The van der Waals surface area contributed by atoms with Crippen molar-refractivity contribution in [3.8, 4) is 11.5 Å². The largest absolute Gasteiger partial charge is 0.497 e. The predicted octanol–water partition coefficient (Wildman–Crippen LogP) is 2.02. The van der Waals surface area contributed by atoms with Gasteiger partial charge >= 0.3 is 0 Å². The molecule has 8 nitrogen and oxygen atoms in total. The number of nitrogens with zero attached hydrogens (tertiary/aromatic N) is 4. The number of aromatic nitrogens is 3. The van der Waals surface area contributed by atoms with Crippen molar-refractivity contribution in [2.75, 3.05) is 27.3 Å². The van der Waals surface area contributed by atoms with Crippen molar-refractivity contribution in [3.63, 3.8) is 0 Å². The highest BCUT2D eigenvalue weighted by Gasteiger charge is 2.22. The molecule has 0 saturated carbocycles. The first kappa shape index (κ1) is 19.9. The minimum atomic E-state index is -0.275. The molecule has 1 aliphatic heterocycles. The molecule has 0 atom stereocenters. The summed E-state index contributed by atoms with van der Waals surface area (Å²) in [6.45, 7) is 2.42. The van der Waals surface area contributed by atoms with Crippen molar-refractivity contribution in [2.24, 2.45) is 0 Å². The summed E-state index contributed by atoms with van der Waals surface area (Å²) in [5.41, 5.74) is 1.96. The molecule has 1 aromatic heterocycles. The van der Waals surface area contributed by atoms with E-state index in [2.05, 4.69) is 20.3 Å². The second-order valence-electron chi connectivity index (χ2n) is 7.16. The smallest absolute Gasteiger partial charge is 0.234 e. The van der Waals surface area contributed by atoms with E-state index >= 15 is 0 Å². The Kier molecular flexibility index (Phi) is 5.94. The van der Waals surface area contributed by atoms with Crippen LogP contribution in [0.3, 0.4) is 0 Å². The fourth-order valence-corrected chi connectivity index (χ4v) is 3.61. The van der Waals surface area contributed by atoms with Crippen LogP contribution in [0.25, 0.3) is 0 Å². The molecule has 3 aromatic rings. The Morgan fingerprint density at radius 1 is 1.00 bits per heavy atom. The van der Waals surface area contributed by atoms with Crippen molar-refractivity contribution in [1.29, 1.82) is 0 Å². The lowest BCUT2D eigenvalue weighted by atomic mass is 9.98. The van der Waals surface area contributed by atoms with Gasteiger partial charge in [0.25, 0.3) is 0 Å². The maximum Gasteiger partial charge on any atom is 0.234 e. The molecule has 0 bridgehead atoms. The molecule has 2 heterocycles. The Hall–Kier alpha value is -3.39. The summed E-state index contributed by atoms with van der Waals surface area (Å²) >= 11 is 0. The van der Waals surface area contributed by atoms with E-state index < -0.39 is 0 Å². The van der Waals surface area contributed by atoms with Gasteiger partial charge in [0.1, 0.15) is 23.7 Å². The number of ether oxygens (including phenoxy) is 2. The van der Waals surface area contributed by atoms with E-state index in [9.17, 15) is 4.79 Å². The predicted molar refractivity (Wildman–Crippen MR) is 111 cm³/mol. The Morgan fingerprint density at radius 2 is 1.60 bits per heavy atom. The zero-order valence-corrected chi connectivity index (χ0v) is 17.1. The molecule has 1 amide bonds. The summed E-state index contributed by atoms with van der Waals surface area (Å²) in [6.07, 6.45) is 1.56. The molecule has 1 aliphatic rings. The van der Waals surface area contributed by atoms with Crippen LogP contribution in [0, 0.1) is 0 Å². The van der Waals surface area contributed by atoms with Gasteiger partial charge in [-0.1, -0.05) is 24.3 Å². The minimum absolute atomic E-state index is 0.0420. The lowest BCUT2D eigenvalue weighted by Crippen LogP contribution is -2.42. The number of benzene rings is 2. The summed E-state index contributed by atoms with van der Waals surface area (Å²) in [6, 6.07) is 15.2. The first-order chi connectivity index (χ1) is 14.7. The van der Waals surface area contributed by atoms with E-state index in [4.69, 9.17) is 9.47 Å². The zero-order valence-electron chi connectivity index (χ0n) is 17.1. The van der Waals surface area contributed by atoms with Crippen LogP contribution >= 0.6 is 0 Å². The molecular formula is C22H25N5O3. The molecule has 4 rings (SSSR count). The third-order valence-electron chi connectivity index (χ3n) is 5.26. The van der Waals surface area contributed by atoms with Gasteiger partial charge < -0.3 is 14.8 Å². The molecule has 0 radical (unpaired) electrons. The molecule has 8 heteroatoms. The Bertz CT molecular complexity index is 937. The lowest BCUT2D eigenvalue weighted by Gasteiger charge is -2.27. The number of rotatable bonds is 7. The third kappa shape index (κ3) is 4.44. The maximum absolute atomic E-state index is 12.9. The number of carbonyl (C=O) groups is 1. The highest BCUT2D eigenvalue weighted by atomic mass is 16.5. The lowest BCUT2D eigenvalue weighted by molar-refractivity contribution is -0.123. The molecule has 0 spiro atoms. The molecule has 156 valence electrons. The number of hydrogen-bond donors (Lipinski definition) is 1. The first-order valence-electron chi connectivity index (χ1n) is 9.82. The average molecular weight is 407 g/mol. The van der Waals surface area contributed by atoms with Crippen molar-refractivity contribution in [2.45, 2.75) is 19.1 Å². The molecule has 0 aliphatic carbocycles. The molecule has 0 fully saturated rings. The highest BCUT2D eigenvalue weighted by molar-refractivity contribution is 5.79. The number of nitrogens with one attached hydrogen (secondary N) is 1. The minimum Gasteiger partial charge on any atom is -0.497 e. The SMILES string of the molecule is COc1ccc(C(NC(=O)CN2CCn3ncnc3C2)c2ccc(OC)cc2)cc1. The van der Waals surface area contributed by atoms with Crippen molar-refractivity contribution >= 4 is 5.91 Å². The molecule has 30 heavy (non-hydrogen) atoms. The summed E-state index contributed by atoms with van der Waals surface area (Å²) in [4.78, 5) is 19.3. The Labute approximate surface area is 175 Å². The quantitative estimate of drug-likeness (QED) is 0.645. The molecular weight excluding hydrogens is 382 g/mol. The van der Waals surface area contributed by atoms with Gasteiger partial charge in [0.05, 0.1) is 39.9 Å². The zero-order chi connectivity index (χ0) is 20.9. The van der Waals surface area contributed by atoms with E-state index in [-0.39, 0.29) is 11.9 Å². The normalized spacial score (nSPS) is 13.7. The summed E-state index contributed by atoms with van der Waals surface area (Å²) in [5, 5.41) is 7.37. The van der Waals surface area contributed by atoms with Crippen LogP contribution in [0.5, 0.6) is 11.5 Å². The molecule has 0 unspecified atom stereocenters. The van der Waals surface area contributed by atoms with Gasteiger partial charge in [-0.15, -0.1) is 0 Å². The van der Waals surface area contributed by atoms with E-state index in [0.717, 1.165) is 41.5 Å². The van der Waals surface area contributed by atoms with Crippen LogP contribution in [0.15, 0.2) is 54.9 Å². The van der Waals surface area contributed by atoms with Gasteiger partial charge in [-0.05, 0) is 35.4 Å². The second kappa shape index (κ2) is 8.96. The standard InChI is InChI=1S/C22H25N5O3/c1-29-18-7-3-16(4-8-18)22(17-5-9-19(30-2)10-6-17)25-21(28)14-26-11-12-27-20(13-26)23-15-24-27/h3-10,15,22H,11-14H2,1-2H3,(H,25,28). The van der Waals surface area contributed by atoms with Gasteiger partial charge in [-0.25, -0.2) is 9.67 Å². The van der Waals surface area contributed by atoms with Crippen LogP contribution in [0.4, 0.5) is 0 Å². The van der Waals surface area contributed by atoms with Gasteiger partial charge in [0.2, 0.25) is 5.91 Å². The number of amides is 1. The van der Waals surface area contributed by atoms with E-state index in [1.54, 1.807) is 20.5 Å². The van der Waals surface area contributed by atoms with Gasteiger partial charge in [0, 0.05) is 6.54 Å². The second-order valence-corrected chi connectivity index (χ2v) is 7.16. The van der Waals surface area contributed by atoms with Crippen molar-refractivity contribution in [3.05, 3.63) is 71.8 Å². The highest BCUT2D eigenvalue weighted by Crippen LogP contribution is 2.26. The molecule has 1 N–H and O–H groups in total. The average Bonchev–Trinajstić information content (AvgIpc) is 3.26. The molecule has 0 saturated heterocycles. The van der Waals surface area contributed by atoms with Crippen molar-refractivity contribution in [1.82, 2.24) is 25.0 Å². The fraction of sp³-hybridized carbons (Fsp3) is 0.318. The first-order valence-corrected chi connectivity index (χ1v) is 9.82. The van der Waals surface area contributed by atoms with E-state index in [0.29, 0.717) is 13.1 Å². The summed E-state index contributed by atoms with van der Waals surface area (Å²) in [7, 11) is 3.27. The fourth-order valence-electron chi connectivity index (χ4n) is 3.61. The van der Waals surface area contributed by atoms with Gasteiger partial charge in [-0.3, -0.25) is 9.69 Å². The summed E-state index contributed by atoms with van der Waals surface area (Å²) < 4.78 is 12.4. The maximum atomic E-state index is 12.9. The third-order valence-corrected chi connectivity index (χ3v) is 5.26. The number of fused-ring (bicyclic) bond motifs is 1. The van der Waals surface area contributed by atoms with Crippen LogP contribution in [0.2, 0.25) is 0 Å².